The molecule has 0 aliphatic heterocycles. The third-order valence-electron chi connectivity index (χ3n) is 3.60. The highest BCUT2D eigenvalue weighted by molar-refractivity contribution is 5.64. The molecule has 21 heavy (non-hydrogen) atoms. The number of benzene rings is 1. The van der Waals surface area contributed by atoms with E-state index < -0.39 is 0 Å². The first kappa shape index (κ1) is 15.4. The summed E-state index contributed by atoms with van der Waals surface area (Å²) in [6.07, 6.45) is 1.83. The van der Waals surface area contributed by atoms with Crippen LogP contribution in [0.15, 0.2) is 18.2 Å². The minimum Gasteiger partial charge on any atom is -0.394 e. The minimum absolute atomic E-state index is 0.190. The highest BCUT2D eigenvalue weighted by atomic mass is 19.1. The molecule has 1 heterocycles. The standard InChI is InChI=1S/C16H23FN4/c1-4-9-21-16(15(18)12(3)20-21)19-8-7-13-5-6-14(17)10-11(13)2/h5-6,10,19H,4,7-9,18H2,1-3H3. The monoisotopic (exact) mass is 290 g/mol. The van der Waals surface area contributed by atoms with Crippen molar-refractivity contribution in [3.8, 4) is 0 Å². The van der Waals surface area contributed by atoms with Crippen molar-refractivity contribution in [1.82, 2.24) is 9.78 Å². The summed E-state index contributed by atoms with van der Waals surface area (Å²) in [5, 5.41) is 7.79. The van der Waals surface area contributed by atoms with E-state index in [0.29, 0.717) is 5.69 Å². The largest absolute Gasteiger partial charge is 0.394 e. The quantitative estimate of drug-likeness (QED) is 0.858. The van der Waals surface area contributed by atoms with Crippen LogP contribution in [0.4, 0.5) is 15.9 Å². The maximum absolute atomic E-state index is 13.1. The lowest BCUT2D eigenvalue weighted by Crippen LogP contribution is -2.12. The summed E-state index contributed by atoms with van der Waals surface area (Å²) < 4.78 is 15.0. The molecule has 0 bridgehead atoms. The lowest BCUT2D eigenvalue weighted by atomic mass is 10.1. The molecule has 0 fully saturated rings. The molecule has 0 aliphatic rings. The van der Waals surface area contributed by atoms with Gasteiger partial charge in [-0.1, -0.05) is 13.0 Å². The van der Waals surface area contributed by atoms with E-state index in [2.05, 4.69) is 17.3 Å². The van der Waals surface area contributed by atoms with E-state index in [1.54, 1.807) is 6.07 Å². The third-order valence-corrected chi connectivity index (χ3v) is 3.60. The number of nitrogens with two attached hydrogens (primary N) is 1. The summed E-state index contributed by atoms with van der Waals surface area (Å²) >= 11 is 0. The van der Waals surface area contributed by atoms with Crippen LogP contribution in [0.5, 0.6) is 0 Å². The molecule has 0 unspecified atom stereocenters. The number of aromatic nitrogens is 2. The fourth-order valence-corrected chi connectivity index (χ4v) is 2.41. The molecule has 2 rings (SSSR count). The van der Waals surface area contributed by atoms with Gasteiger partial charge in [0.25, 0.3) is 0 Å². The number of nitrogens with zero attached hydrogens (tertiary/aromatic N) is 2. The van der Waals surface area contributed by atoms with E-state index in [0.717, 1.165) is 48.6 Å². The molecule has 114 valence electrons. The van der Waals surface area contributed by atoms with Gasteiger partial charge in [-0.2, -0.15) is 5.10 Å². The van der Waals surface area contributed by atoms with Crippen LogP contribution in [0.25, 0.3) is 0 Å². The number of rotatable bonds is 6. The lowest BCUT2D eigenvalue weighted by Gasteiger charge is -2.11. The summed E-state index contributed by atoms with van der Waals surface area (Å²) in [6, 6.07) is 4.90. The first-order valence-electron chi connectivity index (χ1n) is 7.34. The normalized spacial score (nSPS) is 10.9. The van der Waals surface area contributed by atoms with Gasteiger partial charge >= 0.3 is 0 Å². The van der Waals surface area contributed by atoms with Gasteiger partial charge in [-0.05, 0) is 49.9 Å². The SMILES string of the molecule is CCCn1nc(C)c(N)c1NCCc1ccc(F)cc1C. The van der Waals surface area contributed by atoms with E-state index >= 15 is 0 Å². The Bertz CT molecular complexity index is 619. The highest BCUT2D eigenvalue weighted by Gasteiger charge is 2.11. The number of hydrogen-bond donors (Lipinski definition) is 2. The van der Waals surface area contributed by atoms with Crippen molar-refractivity contribution in [3.63, 3.8) is 0 Å². The average Bonchev–Trinajstić information content (AvgIpc) is 2.69. The number of aryl methyl sites for hydroxylation is 3. The summed E-state index contributed by atoms with van der Waals surface area (Å²) in [5.74, 6) is 0.694. The molecular formula is C16H23FN4. The summed E-state index contributed by atoms with van der Waals surface area (Å²) in [6.45, 7) is 7.54. The Labute approximate surface area is 125 Å². The van der Waals surface area contributed by atoms with Gasteiger partial charge in [0.1, 0.15) is 11.6 Å². The molecule has 5 heteroatoms. The van der Waals surface area contributed by atoms with Gasteiger partial charge < -0.3 is 11.1 Å². The van der Waals surface area contributed by atoms with Crippen LogP contribution in [-0.4, -0.2) is 16.3 Å². The van der Waals surface area contributed by atoms with Gasteiger partial charge in [0, 0.05) is 13.1 Å². The van der Waals surface area contributed by atoms with Crippen molar-refractivity contribution in [2.24, 2.45) is 0 Å². The molecule has 1 aromatic carbocycles. The predicted molar refractivity (Wildman–Crippen MR) is 85.0 cm³/mol. The highest BCUT2D eigenvalue weighted by Crippen LogP contribution is 2.22. The molecule has 0 radical (unpaired) electrons. The summed E-state index contributed by atoms with van der Waals surface area (Å²) in [7, 11) is 0. The van der Waals surface area contributed by atoms with E-state index in [4.69, 9.17) is 5.73 Å². The minimum atomic E-state index is -0.190. The first-order valence-corrected chi connectivity index (χ1v) is 7.34. The zero-order chi connectivity index (χ0) is 15.4. The van der Waals surface area contributed by atoms with Crippen LogP contribution in [0.2, 0.25) is 0 Å². The Morgan fingerprint density at radius 3 is 2.76 bits per heavy atom. The molecule has 4 nitrogen and oxygen atoms in total. The van der Waals surface area contributed by atoms with Crippen LogP contribution >= 0.6 is 0 Å². The Balaban J connectivity index is 2.03. The van der Waals surface area contributed by atoms with Crippen molar-refractivity contribution >= 4 is 11.5 Å². The predicted octanol–water partition coefficient (Wildman–Crippen LogP) is 3.29. The molecule has 0 saturated carbocycles. The van der Waals surface area contributed by atoms with Crippen molar-refractivity contribution in [3.05, 3.63) is 40.8 Å². The first-order chi connectivity index (χ1) is 10.0. The molecular weight excluding hydrogens is 267 g/mol. The van der Waals surface area contributed by atoms with Crippen molar-refractivity contribution in [1.29, 1.82) is 0 Å². The van der Waals surface area contributed by atoms with E-state index in [1.807, 2.05) is 24.6 Å². The van der Waals surface area contributed by atoms with E-state index in [1.165, 1.54) is 6.07 Å². The Morgan fingerprint density at radius 1 is 1.33 bits per heavy atom. The second-order valence-electron chi connectivity index (χ2n) is 5.32. The van der Waals surface area contributed by atoms with Gasteiger partial charge in [-0.25, -0.2) is 9.07 Å². The van der Waals surface area contributed by atoms with E-state index in [9.17, 15) is 4.39 Å². The molecule has 0 amide bonds. The second kappa shape index (κ2) is 6.61. The molecule has 0 atom stereocenters. The van der Waals surface area contributed by atoms with Gasteiger partial charge in [0.2, 0.25) is 0 Å². The average molecular weight is 290 g/mol. The van der Waals surface area contributed by atoms with E-state index in [-0.39, 0.29) is 5.82 Å². The van der Waals surface area contributed by atoms with Crippen molar-refractivity contribution < 1.29 is 4.39 Å². The number of anilines is 2. The Kier molecular flexibility index (Phi) is 4.83. The van der Waals surface area contributed by atoms with Crippen LogP contribution in [-0.2, 0) is 13.0 Å². The van der Waals surface area contributed by atoms with Crippen molar-refractivity contribution in [2.75, 3.05) is 17.6 Å². The van der Waals surface area contributed by atoms with Crippen LogP contribution in [0, 0.1) is 19.7 Å². The van der Waals surface area contributed by atoms with Gasteiger partial charge in [0.15, 0.2) is 0 Å². The fourth-order valence-electron chi connectivity index (χ4n) is 2.41. The topological polar surface area (TPSA) is 55.9 Å². The molecule has 0 aliphatic carbocycles. The molecule has 0 spiro atoms. The third kappa shape index (κ3) is 3.54. The van der Waals surface area contributed by atoms with Gasteiger partial charge in [0.05, 0.1) is 11.4 Å². The molecule has 3 N–H and O–H groups in total. The van der Waals surface area contributed by atoms with Crippen LogP contribution in [0.3, 0.4) is 0 Å². The number of nitrogen functional groups attached to an aromatic ring is 1. The second-order valence-corrected chi connectivity index (χ2v) is 5.32. The zero-order valence-corrected chi connectivity index (χ0v) is 12.9. The summed E-state index contributed by atoms with van der Waals surface area (Å²) in [4.78, 5) is 0. The Morgan fingerprint density at radius 2 is 2.10 bits per heavy atom. The van der Waals surface area contributed by atoms with Gasteiger partial charge in [-0.15, -0.1) is 0 Å². The van der Waals surface area contributed by atoms with Crippen LogP contribution in [0.1, 0.15) is 30.2 Å². The lowest BCUT2D eigenvalue weighted by molar-refractivity contribution is 0.602. The summed E-state index contributed by atoms with van der Waals surface area (Å²) in [5.41, 5.74) is 9.74. The number of hydrogen-bond acceptors (Lipinski definition) is 3. The fraction of sp³-hybridized carbons (Fsp3) is 0.438. The van der Waals surface area contributed by atoms with Crippen molar-refractivity contribution in [2.45, 2.75) is 40.2 Å². The molecule has 0 saturated heterocycles. The number of nitrogens with one attached hydrogen (secondary N) is 1. The smallest absolute Gasteiger partial charge is 0.148 e. The Hall–Kier alpha value is -2.04. The maximum Gasteiger partial charge on any atom is 0.148 e. The molecule has 1 aromatic heterocycles. The maximum atomic E-state index is 13.1. The number of halogens is 1. The van der Waals surface area contributed by atoms with Crippen LogP contribution < -0.4 is 11.1 Å². The zero-order valence-electron chi connectivity index (χ0n) is 12.9. The molecule has 2 aromatic rings. The van der Waals surface area contributed by atoms with Gasteiger partial charge in [-0.3, -0.25) is 0 Å².